The largest absolute Gasteiger partial charge is 0.494 e. The molecule has 5 nitrogen and oxygen atoms in total. The zero-order valence-electron chi connectivity index (χ0n) is 15.8. The molecule has 2 aromatic rings. The maximum atomic E-state index is 12.6. The van der Waals surface area contributed by atoms with Crippen molar-refractivity contribution in [3.63, 3.8) is 0 Å². The van der Waals surface area contributed by atoms with Gasteiger partial charge in [-0.05, 0) is 30.9 Å². The van der Waals surface area contributed by atoms with Crippen LogP contribution in [0.3, 0.4) is 0 Å². The molecule has 0 spiro atoms. The lowest BCUT2D eigenvalue weighted by molar-refractivity contribution is -0.129. The summed E-state index contributed by atoms with van der Waals surface area (Å²) < 4.78 is 5.51. The number of H-pyrrole nitrogens is 1. The molecule has 1 aromatic carbocycles. The molecule has 2 rings (SSSR count). The van der Waals surface area contributed by atoms with E-state index < -0.39 is 0 Å². The second-order valence-corrected chi connectivity index (χ2v) is 7.99. The van der Waals surface area contributed by atoms with Gasteiger partial charge in [0.25, 0.3) is 0 Å². The number of hydrogen-bond donors (Lipinski definition) is 1. The Labute approximate surface area is 154 Å². The lowest BCUT2D eigenvalue weighted by Gasteiger charge is -2.26. The summed E-state index contributed by atoms with van der Waals surface area (Å²) >= 11 is 1.46. The predicted molar refractivity (Wildman–Crippen MR) is 104 cm³/mol. The minimum atomic E-state index is 0.169. The van der Waals surface area contributed by atoms with Crippen molar-refractivity contribution in [3.8, 4) is 5.75 Å². The number of nitrogens with one attached hydrogen (secondary N) is 1. The number of amides is 1. The molecule has 0 bridgehead atoms. The zero-order valence-corrected chi connectivity index (χ0v) is 16.7. The SMILES string of the molecule is CCOc1ccc2nc(SCC(=O)N(CC(C)C)CC(C)C)[nH]c2c1. The normalized spacial score (nSPS) is 11.5. The Bertz CT molecular complexity index is 687. The molecule has 0 saturated heterocycles. The molecule has 0 aliphatic rings. The fourth-order valence-corrected chi connectivity index (χ4v) is 3.46. The molecule has 138 valence electrons. The van der Waals surface area contributed by atoms with E-state index in [0.717, 1.165) is 35.0 Å². The molecular weight excluding hydrogens is 334 g/mol. The van der Waals surface area contributed by atoms with Gasteiger partial charge in [0, 0.05) is 19.2 Å². The van der Waals surface area contributed by atoms with Gasteiger partial charge in [0.2, 0.25) is 5.91 Å². The predicted octanol–water partition coefficient (Wildman–Crippen LogP) is 4.19. The first-order valence-electron chi connectivity index (χ1n) is 8.92. The molecule has 6 heteroatoms. The average molecular weight is 364 g/mol. The molecule has 0 atom stereocenters. The number of aromatic amines is 1. The van der Waals surface area contributed by atoms with Gasteiger partial charge in [0.15, 0.2) is 5.16 Å². The van der Waals surface area contributed by atoms with Gasteiger partial charge in [-0.1, -0.05) is 39.5 Å². The number of hydrogen-bond acceptors (Lipinski definition) is 4. The molecule has 0 unspecified atom stereocenters. The molecule has 0 saturated carbocycles. The molecule has 25 heavy (non-hydrogen) atoms. The Hall–Kier alpha value is -1.69. The number of carbonyl (C=O) groups excluding carboxylic acids is 1. The van der Waals surface area contributed by atoms with Gasteiger partial charge in [-0.2, -0.15) is 0 Å². The van der Waals surface area contributed by atoms with Gasteiger partial charge in [-0.15, -0.1) is 0 Å². The topological polar surface area (TPSA) is 58.2 Å². The van der Waals surface area contributed by atoms with Crippen molar-refractivity contribution in [2.75, 3.05) is 25.4 Å². The Kier molecular flexibility index (Phi) is 7.17. The number of imidazole rings is 1. The first-order chi connectivity index (χ1) is 11.9. The van der Waals surface area contributed by atoms with E-state index in [2.05, 4.69) is 37.7 Å². The quantitative estimate of drug-likeness (QED) is 0.679. The van der Waals surface area contributed by atoms with Crippen LogP contribution in [0.2, 0.25) is 0 Å². The second-order valence-electron chi connectivity index (χ2n) is 7.03. The van der Waals surface area contributed by atoms with E-state index in [-0.39, 0.29) is 5.91 Å². The fraction of sp³-hybridized carbons (Fsp3) is 0.579. The number of benzene rings is 1. The number of fused-ring (bicyclic) bond motifs is 1. The molecule has 1 aromatic heterocycles. The molecule has 1 heterocycles. The maximum absolute atomic E-state index is 12.6. The van der Waals surface area contributed by atoms with Crippen LogP contribution >= 0.6 is 11.8 Å². The maximum Gasteiger partial charge on any atom is 0.233 e. The molecule has 0 fully saturated rings. The minimum Gasteiger partial charge on any atom is -0.494 e. The summed E-state index contributed by atoms with van der Waals surface area (Å²) in [5.41, 5.74) is 1.82. The van der Waals surface area contributed by atoms with Crippen LogP contribution in [0.1, 0.15) is 34.6 Å². The van der Waals surface area contributed by atoms with Gasteiger partial charge in [0.1, 0.15) is 5.75 Å². The van der Waals surface area contributed by atoms with E-state index in [4.69, 9.17) is 4.74 Å². The summed E-state index contributed by atoms with van der Waals surface area (Å²) in [6, 6.07) is 5.80. The third-order valence-corrected chi connectivity index (χ3v) is 4.46. The van der Waals surface area contributed by atoms with E-state index in [0.29, 0.717) is 24.2 Å². The molecule has 0 radical (unpaired) electrons. The molecule has 0 aliphatic carbocycles. The summed E-state index contributed by atoms with van der Waals surface area (Å²) in [6.07, 6.45) is 0. The Balaban J connectivity index is 2.01. The second kappa shape index (κ2) is 9.13. The Morgan fingerprint density at radius 1 is 1.24 bits per heavy atom. The van der Waals surface area contributed by atoms with Crippen LogP contribution in [0.5, 0.6) is 5.75 Å². The van der Waals surface area contributed by atoms with Gasteiger partial charge in [-0.25, -0.2) is 4.98 Å². The van der Waals surface area contributed by atoms with Crippen LogP contribution in [0, 0.1) is 11.8 Å². The monoisotopic (exact) mass is 363 g/mol. The summed E-state index contributed by atoms with van der Waals surface area (Å²) in [5, 5.41) is 0.769. The molecular formula is C19H29N3O2S. The lowest BCUT2D eigenvalue weighted by atomic mass is 10.1. The standard InChI is InChI=1S/C19H29N3O2S/c1-6-24-15-7-8-16-17(9-15)21-19(20-16)25-12-18(23)22(10-13(2)3)11-14(4)5/h7-9,13-14H,6,10-12H2,1-5H3,(H,20,21). The first-order valence-corrected chi connectivity index (χ1v) is 9.90. The fourth-order valence-electron chi connectivity index (χ4n) is 2.67. The van der Waals surface area contributed by atoms with Crippen molar-refractivity contribution in [2.24, 2.45) is 11.8 Å². The third kappa shape index (κ3) is 5.96. The highest BCUT2D eigenvalue weighted by molar-refractivity contribution is 7.99. The Morgan fingerprint density at radius 2 is 1.92 bits per heavy atom. The minimum absolute atomic E-state index is 0.169. The van der Waals surface area contributed by atoms with E-state index >= 15 is 0 Å². The van der Waals surface area contributed by atoms with Crippen LogP contribution < -0.4 is 4.74 Å². The third-order valence-electron chi connectivity index (χ3n) is 3.60. The number of ether oxygens (including phenoxy) is 1. The van der Waals surface area contributed by atoms with E-state index in [9.17, 15) is 4.79 Å². The van der Waals surface area contributed by atoms with E-state index in [1.165, 1.54) is 11.8 Å². The van der Waals surface area contributed by atoms with E-state index in [1.807, 2.05) is 30.0 Å². The number of carbonyl (C=O) groups is 1. The van der Waals surface area contributed by atoms with Crippen LogP contribution in [0.4, 0.5) is 0 Å². The highest BCUT2D eigenvalue weighted by Gasteiger charge is 2.17. The summed E-state index contributed by atoms with van der Waals surface area (Å²) in [4.78, 5) is 22.4. The van der Waals surface area contributed by atoms with Crippen molar-refractivity contribution in [3.05, 3.63) is 18.2 Å². The average Bonchev–Trinajstić information content (AvgIpc) is 2.93. The number of nitrogens with zero attached hydrogens (tertiary/aromatic N) is 2. The summed E-state index contributed by atoms with van der Waals surface area (Å²) in [7, 11) is 0. The van der Waals surface area contributed by atoms with Crippen molar-refractivity contribution in [2.45, 2.75) is 39.8 Å². The van der Waals surface area contributed by atoms with E-state index in [1.54, 1.807) is 0 Å². The molecule has 1 N–H and O–H groups in total. The smallest absolute Gasteiger partial charge is 0.233 e. The highest BCUT2D eigenvalue weighted by Crippen LogP contribution is 2.23. The van der Waals surface area contributed by atoms with Crippen LogP contribution in [-0.4, -0.2) is 46.2 Å². The highest BCUT2D eigenvalue weighted by atomic mass is 32.2. The van der Waals surface area contributed by atoms with Crippen molar-refractivity contribution >= 4 is 28.7 Å². The molecule has 1 amide bonds. The van der Waals surface area contributed by atoms with Crippen molar-refractivity contribution < 1.29 is 9.53 Å². The van der Waals surface area contributed by atoms with Crippen molar-refractivity contribution in [1.82, 2.24) is 14.9 Å². The lowest BCUT2D eigenvalue weighted by Crippen LogP contribution is -2.38. The summed E-state index contributed by atoms with van der Waals surface area (Å²) in [5.74, 6) is 2.33. The molecule has 0 aliphatic heterocycles. The van der Waals surface area contributed by atoms with Gasteiger partial charge >= 0.3 is 0 Å². The number of thioether (sulfide) groups is 1. The number of rotatable bonds is 9. The number of aromatic nitrogens is 2. The first kappa shape index (κ1) is 19.6. The van der Waals surface area contributed by atoms with Crippen LogP contribution in [-0.2, 0) is 4.79 Å². The summed E-state index contributed by atoms with van der Waals surface area (Å²) in [6.45, 7) is 12.8. The van der Waals surface area contributed by atoms with Crippen LogP contribution in [0.15, 0.2) is 23.4 Å². The Morgan fingerprint density at radius 3 is 2.52 bits per heavy atom. The zero-order chi connectivity index (χ0) is 18.4. The van der Waals surface area contributed by atoms with Crippen molar-refractivity contribution in [1.29, 1.82) is 0 Å². The van der Waals surface area contributed by atoms with Gasteiger partial charge in [0.05, 0.1) is 23.4 Å². The van der Waals surface area contributed by atoms with Gasteiger partial charge in [-0.3, -0.25) is 4.79 Å². The van der Waals surface area contributed by atoms with Gasteiger partial charge < -0.3 is 14.6 Å². The van der Waals surface area contributed by atoms with Crippen LogP contribution in [0.25, 0.3) is 11.0 Å².